The lowest BCUT2D eigenvalue weighted by atomic mass is 9.81. The van der Waals surface area contributed by atoms with Crippen molar-refractivity contribution < 1.29 is 14.4 Å². The number of carbonyl (C=O) groups excluding carboxylic acids is 3. The largest absolute Gasteiger partial charge is 0.367 e. The second-order valence-corrected chi connectivity index (χ2v) is 11.4. The molecule has 0 spiro atoms. The second-order valence-electron chi connectivity index (χ2n) is 9.95. The summed E-state index contributed by atoms with van der Waals surface area (Å²) in [6, 6.07) is 2.85. The number of nitrogens with one attached hydrogen (secondary N) is 3. The van der Waals surface area contributed by atoms with Crippen LogP contribution >= 0.6 is 23.6 Å². The average Bonchev–Trinajstić information content (AvgIpc) is 3.29. The van der Waals surface area contributed by atoms with Crippen LogP contribution in [-0.4, -0.2) is 82.2 Å². The van der Waals surface area contributed by atoms with E-state index in [-0.39, 0.29) is 28.8 Å². The van der Waals surface area contributed by atoms with Crippen molar-refractivity contribution in [1.82, 2.24) is 30.4 Å². The van der Waals surface area contributed by atoms with Gasteiger partial charge in [-0.2, -0.15) is 0 Å². The molecule has 1 saturated carbocycles. The number of aromatic nitrogens is 2. The number of thiazole rings is 1. The van der Waals surface area contributed by atoms with Crippen LogP contribution in [0.5, 0.6) is 0 Å². The zero-order valence-electron chi connectivity index (χ0n) is 21.5. The Morgan fingerprint density at radius 1 is 1.16 bits per heavy atom. The minimum atomic E-state index is -0.473. The van der Waals surface area contributed by atoms with Gasteiger partial charge in [0.15, 0.2) is 10.00 Å². The average molecular weight is 544 g/mol. The fourth-order valence-electron chi connectivity index (χ4n) is 4.69. The molecule has 4 rings (SSSR count). The van der Waals surface area contributed by atoms with Gasteiger partial charge in [0.1, 0.15) is 5.82 Å². The van der Waals surface area contributed by atoms with Crippen LogP contribution in [0, 0.1) is 12.8 Å². The molecular formula is C25H33N7O3S2. The van der Waals surface area contributed by atoms with Crippen LogP contribution in [0.2, 0.25) is 0 Å². The molecule has 3 amide bonds. The van der Waals surface area contributed by atoms with Crippen LogP contribution in [0.3, 0.4) is 0 Å². The van der Waals surface area contributed by atoms with Crippen molar-refractivity contribution in [1.29, 1.82) is 0 Å². The van der Waals surface area contributed by atoms with E-state index in [1.54, 1.807) is 31.3 Å². The first kappa shape index (κ1) is 27.1. The van der Waals surface area contributed by atoms with Gasteiger partial charge >= 0.3 is 0 Å². The first-order chi connectivity index (χ1) is 17.6. The highest BCUT2D eigenvalue weighted by Crippen LogP contribution is 2.28. The van der Waals surface area contributed by atoms with Gasteiger partial charge in [-0.05, 0) is 44.9 Å². The van der Waals surface area contributed by atoms with Crippen molar-refractivity contribution >= 4 is 52.1 Å². The van der Waals surface area contributed by atoms with E-state index in [1.807, 2.05) is 13.0 Å². The van der Waals surface area contributed by atoms with Gasteiger partial charge in [0.25, 0.3) is 11.8 Å². The fraction of sp³-hybridized carbons (Fsp3) is 0.520. The number of anilines is 1. The molecule has 3 atom stereocenters. The van der Waals surface area contributed by atoms with E-state index in [9.17, 15) is 14.4 Å². The Kier molecular flexibility index (Phi) is 8.50. The Balaban J connectivity index is 1.45. The van der Waals surface area contributed by atoms with E-state index in [1.165, 1.54) is 11.3 Å². The third-order valence-electron chi connectivity index (χ3n) is 6.75. The van der Waals surface area contributed by atoms with Gasteiger partial charge in [-0.15, -0.1) is 11.3 Å². The number of fused-ring (bicyclic) bond motifs is 1. The molecule has 2 aromatic heterocycles. The third kappa shape index (κ3) is 6.68. The molecule has 0 bridgehead atoms. The number of hydrogen-bond acceptors (Lipinski definition) is 8. The van der Waals surface area contributed by atoms with Gasteiger partial charge in [0.05, 0.1) is 11.7 Å². The van der Waals surface area contributed by atoms with Crippen LogP contribution in [0.1, 0.15) is 45.2 Å². The maximum absolute atomic E-state index is 13.2. The molecule has 0 saturated heterocycles. The molecule has 10 nitrogen and oxygen atoms in total. The Bertz CT molecular complexity index is 1180. The minimum Gasteiger partial charge on any atom is -0.367 e. The van der Waals surface area contributed by atoms with Crippen molar-refractivity contribution in [2.24, 2.45) is 5.92 Å². The number of likely N-dealkylation sites (N-methyl/N-ethyl adjacent to an activating group) is 1. The molecule has 2 aromatic rings. The smallest absolute Gasteiger partial charge is 0.284 e. The number of carbonyl (C=O) groups is 3. The molecule has 0 radical (unpaired) electrons. The summed E-state index contributed by atoms with van der Waals surface area (Å²) in [6.07, 6.45) is 4.13. The van der Waals surface area contributed by atoms with Crippen LogP contribution in [0.15, 0.2) is 18.3 Å². The molecule has 12 heteroatoms. The molecule has 2 aliphatic rings. The summed E-state index contributed by atoms with van der Waals surface area (Å²) >= 11 is 6.79. The van der Waals surface area contributed by atoms with E-state index in [4.69, 9.17) is 12.2 Å². The third-order valence-corrected chi connectivity index (χ3v) is 8.13. The molecule has 3 N–H and O–H groups in total. The molecule has 0 aromatic carbocycles. The lowest BCUT2D eigenvalue weighted by Crippen LogP contribution is -2.56. The summed E-state index contributed by atoms with van der Waals surface area (Å²) in [5.74, 6) is -0.536. The first-order valence-corrected chi connectivity index (χ1v) is 13.6. The Labute approximate surface area is 226 Å². The summed E-state index contributed by atoms with van der Waals surface area (Å²) in [6.45, 7) is 3.61. The summed E-state index contributed by atoms with van der Waals surface area (Å²) < 4.78 is 0. The summed E-state index contributed by atoms with van der Waals surface area (Å²) in [5.41, 5.74) is 1.96. The molecule has 1 aliphatic heterocycles. The van der Waals surface area contributed by atoms with Gasteiger partial charge in [-0.25, -0.2) is 9.97 Å². The Morgan fingerprint density at radius 3 is 2.65 bits per heavy atom. The van der Waals surface area contributed by atoms with Crippen LogP contribution < -0.4 is 16.0 Å². The number of hydrogen-bond donors (Lipinski definition) is 3. The maximum atomic E-state index is 13.2. The molecule has 37 heavy (non-hydrogen) atoms. The summed E-state index contributed by atoms with van der Waals surface area (Å²) in [4.78, 5) is 52.3. The Hall–Kier alpha value is -2.96. The van der Waals surface area contributed by atoms with Crippen LogP contribution in [0.25, 0.3) is 0 Å². The molecular weight excluding hydrogens is 510 g/mol. The number of thiocarbonyl (C=S) groups is 1. The van der Waals surface area contributed by atoms with E-state index in [2.05, 4.69) is 37.9 Å². The quantitative estimate of drug-likeness (QED) is 0.488. The van der Waals surface area contributed by atoms with Gasteiger partial charge < -0.3 is 25.8 Å². The highest BCUT2D eigenvalue weighted by Gasteiger charge is 2.37. The SMILES string of the molecule is Cc1ccc(NC(=O)C(=S)NC2CCC(C(=O)N(C)C)CC2NC(=O)c2nc3c(s2)CN(C)CC3)nc1. The Morgan fingerprint density at radius 2 is 1.95 bits per heavy atom. The topological polar surface area (TPSA) is 120 Å². The van der Waals surface area contributed by atoms with Gasteiger partial charge in [0.2, 0.25) is 5.91 Å². The number of amides is 3. The second kappa shape index (κ2) is 11.6. The molecule has 3 heterocycles. The summed E-state index contributed by atoms with van der Waals surface area (Å²) in [7, 11) is 5.52. The fourth-order valence-corrected chi connectivity index (χ4v) is 5.99. The van der Waals surface area contributed by atoms with Crippen molar-refractivity contribution in [2.45, 2.75) is 51.2 Å². The lowest BCUT2D eigenvalue weighted by molar-refractivity contribution is -0.134. The lowest BCUT2D eigenvalue weighted by Gasteiger charge is -2.37. The normalized spacial score (nSPS) is 21.5. The number of rotatable bonds is 5. The molecule has 3 unspecified atom stereocenters. The van der Waals surface area contributed by atoms with Crippen LogP contribution in [0.4, 0.5) is 5.82 Å². The van der Waals surface area contributed by atoms with Crippen molar-refractivity contribution in [2.75, 3.05) is 33.0 Å². The monoisotopic (exact) mass is 543 g/mol. The standard InChI is InChI=1S/C25H33N7O3S2/c1-14-5-8-20(26-12-14)30-21(33)23(36)28-16-7-6-15(25(35)31(2)3)11-18(16)27-22(34)24-29-17-9-10-32(4)13-19(17)37-24/h5,8,12,15-16,18H,6-7,9-11,13H2,1-4H3,(H,27,34)(H,28,36)(H,26,30,33). The molecule has 1 aliphatic carbocycles. The van der Waals surface area contributed by atoms with Gasteiger partial charge in [0, 0.05) is 56.6 Å². The van der Waals surface area contributed by atoms with Crippen molar-refractivity contribution in [3.05, 3.63) is 39.5 Å². The molecule has 1 fully saturated rings. The maximum Gasteiger partial charge on any atom is 0.284 e. The summed E-state index contributed by atoms with van der Waals surface area (Å²) in [5, 5.41) is 9.34. The first-order valence-electron chi connectivity index (χ1n) is 12.3. The van der Waals surface area contributed by atoms with E-state index >= 15 is 0 Å². The van der Waals surface area contributed by atoms with E-state index < -0.39 is 11.9 Å². The van der Waals surface area contributed by atoms with Crippen molar-refractivity contribution in [3.8, 4) is 0 Å². The highest BCUT2D eigenvalue weighted by molar-refractivity contribution is 7.82. The van der Waals surface area contributed by atoms with E-state index in [0.717, 1.165) is 35.6 Å². The number of aryl methyl sites for hydroxylation is 1. The predicted molar refractivity (Wildman–Crippen MR) is 147 cm³/mol. The van der Waals surface area contributed by atoms with Crippen LogP contribution in [-0.2, 0) is 22.6 Å². The zero-order chi connectivity index (χ0) is 26.7. The number of nitrogens with zero attached hydrogens (tertiary/aromatic N) is 4. The van der Waals surface area contributed by atoms with Gasteiger partial charge in [-0.1, -0.05) is 18.3 Å². The minimum absolute atomic E-state index is 0.0109. The van der Waals surface area contributed by atoms with E-state index in [0.29, 0.717) is 30.1 Å². The predicted octanol–water partition coefficient (Wildman–Crippen LogP) is 1.75. The zero-order valence-corrected chi connectivity index (χ0v) is 23.2. The highest BCUT2D eigenvalue weighted by atomic mass is 32.1. The van der Waals surface area contributed by atoms with Gasteiger partial charge in [-0.3, -0.25) is 14.4 Å². The molecule has 198 valence electrons. The van der Waals surface area contributed by atoms with Crippen molar-refractivity contribution in [3.63, 3.8) is 0 Å². The number of pyridine rings is 1.